The van der Waals surface area contributed by atoms with Crippen LogP contribution in [-0.4, -0.2) is 68.3 Å². The van der Waals surface area contributed by atoms with Crippen molar-refractivity contribution in [3.05, 3.63) is 23.8 Å². The van der Waals surface area contributed by atoms with Crippen LogP contribution in [0.3, 0.4) is 0 Å². The summed E-state index contributed by atoms with van der Waals surface area (Å²) in [5.41, 5.74) is 0.398. The fourth-order valence-electron chi connectivity index (χ4n) is 3.73. The van der Waals surface area contributed by atoms with Gasteiger partial charge in [0.05, 0.1) is 0 Å². The molecule has 1 unspecified atom stereocenters. The highest BCUT2D eigenvalue weighted by molar-refractivity contribution is 5.98. The van der Waals surface area contributed by atoms with Crippen molar-refractivity contribution in [3.63, 3.8) is 0 Å². The van der Waals surface area contributed by atoms with Gasteiger partial charge in [0.15, 0.2) is 11.5 Å². The van der Waals surface area contributed by atoms with Crippen LogP contribution in [0, 0.1) is 5.92 Å². The molecule has 0 radical (unpaired) electrons. The Bertz CT molecular complexity index is 789. The van der Waals surface area contributed by atoms with Crippen LogP contribution in [0.15, 0.2) is 18.2 Å². The Morgan fingerprint density at radius 2 is 1.83 bits per heavy atom. The van der Waals surface area contributed by atoms with Crippen LogP contribution < -0.4 is 20.1 Å². The van der Waals surface area contributed by atoms with Crippen molar-refractivity contribution in [2.75, 3.05) is 33.6 Å². The van der Waals surface area contributed by atoms with E-state index in [1.165, 1.54) is 7.11 Å². The lowest BCUT2D eigenvalue weighted by Crippen LogP contribution is -2.55. The number of fused-ring (bicyclic) bond motifs is 1. The summed E-state index contributed by atoms with van der Waals surface area (Å²) in [7, 11) is 1.49. The second-order valence-corrected chi connectivity index (χ2v) is 7.83. The highest BCUT2D eigenvalue weighted by Crippen LogP contribution is 2.32. The van der Waals surface area contributed by atoms with Gasteiger partial charge in [-0.05, 0) is 50.8 Å². The minimum absolute atomic E-state index is 0.0444. The molecule has 2 aliphatic heterocycles. The van der Waals surface area contributed by atoms with Gasteiger partial charge in [-0.2, -0.15) is 0 Å². The fraction of sp³-hybridized carbons (Fsp3) is 0.571. The maximum Gasteiger partial charge on any atom is 0.252 e. The van der Waals surface area contributed by atoms with Gasteiger partial charge in [-0.3, -0.25) is 14.4 Å². The molecule has 9 heteroatoms. The highest BCUT2D eigenvalue weighted by atomic mass is 16.7. The van der Waals surface area contributed by atoms with Crippen molar-refractivity contribution < 1.29 is 28.6 Å². The number of hydrogen-bond donors (Lipinski definition) is 2. The molecule has 30 heavy (non-hydrogen) atoms. The van der Waals surface area contributed by atoms with Crippen LogP contribution in [0.25, 0.3) is 0 Å². The fourth-order valence-corrected chi connectivity index (χ4v) is 3.73. The molecule has 2 N–H and O–H groups in total. The molecule has 3 amide bonds. The average Bonchev–Trinajstić information content (AvgIpc) is 3.19. The molecule has 0 spiro atoms. The Morgan fingerprint density at radius 1 is 1.13 bits per heavy atom. The predicted octanol–water partition coefficient (Wildman–Crippen LogP) is 0.923. The van der Waals surface area contributed by atoms with Gasteiger partial charge in [-0.25, -0.2) is 0 Å². The van der Waals surface area contributed by atoms with E-state index in [0.29, 0.717) is 43.0 Å². The lowest BCUT2D eigenvalue weighted by Gasteiger charge is -2.36. The zero-order chi connectivity index (χ0) is 21.7. The van der Waals surface area contributed by atoms with Crippen LogP contribution >= 0.6 is 0 Å². The molecule has 0 aliphatic carbocycles. The van der Waals surface area contributed by atoms with Crippen molar-refractivity contribution in [3.8, 4) is 11.5 Å². The molecule has 2 aliphatic rings. The zero-order valence-electron chi connectivity index (χ0n) is 17.6. The molecule has 3 rings (SSSR count). The van der Waals surface area contributed by atoms with E-state index >= 15 is 0 Å². The molecule has 0 aromatic heterocycles. The summed E-state index contributed by atoms with van der Waals surface area (Å²) in [6.07, 6.45) is 1.24. The molecule has 0 saturated carbocycles. The number of piperidine rings is 1. The monoisotopic (exact) mass is 419 g/mol. The molecule has 164 valence electrons. The van der Waals surface area contributed by atoms with E-state index in [0.717, 1.165) is 0 Å². The third-order valence-corrected chi connectivity index (χ3v) is 5.27. The highest BCUT2D eigenvalue weighted by Gasteiger charge is 2.34. The van der Waals surface area contributed by atoms with Crippen molar-refractivity contribution in [2.24, 2.45) is 5.92 Å². The number of benzene rings is 1. The third kappa shape index (κ3) is 5.21. The van der Waals surface area contributed by atoms with Gasteiger partial charge in [0.25, 0.3) is 5.91 Å². The topological polar surface area (TPSA) is 106 Å². The molecule has 0 bridgehead atoms. The first kappa shape index (κ1) is 21.9. The molecule has 1 aromatic carbocycles. The molecule has 1 aromatic rings. The summed E-state index contributed by atoms with van der Waals surface area (Å²) in [5, 5.41) is 5.79. The third-order valence-electron chi connectivity index (χ3n) is 5.27. The Morgan fingerprint density at radius 3 is 2.50 bits per heavy atom. The second-order valence-electron chi connectivity index (χ2n) is 7.83. The summed E-state index contributed by atoms with van der Waals surface area (Å²) in [4.78, 5) is 39.5. The maximum absolute atomic E-state index is 12.9. The predicted molar refractivity (Wildman–Crippen MR) is 108 cm³/mol. The number of nitrogens with one attached hydrogen (secondary N) is 2. The van der Waals surface area contributed by atoms with E-state index in [9.17, 15) is 14.4 Å². The first-order valence-electron chi connectivity index (χ1n) is 10.2. The largest absolute Gasteiger partial charge is 0.454 e. The van der Waals surface area contributed by atoms with E-state index in [1.807, 2.05) is 13.8 Å². The van der Waals surface area contributed by atoms with E-state index < -0.39 is 6.04 Å². The van der Waals surface area contributed by atoms with Crippen LogP contribution in [0.4, 0.5) is 0 Å². The van der Waals surface area contributed by atoms with Crippen LogP contribution in [0.1, 0.15) is 37.0 Å². The van der Waals surface area contributed by atoms with Gasteiger partial charge in [0.2, 0.25) is 18.6 Å². The quantitative estimate of drug-likeness (QED) is 0.681. The summed E-state index contributed by atoms with van der Waals surface area (Å²) < 4.78 is 15.5. The van der Waals surface area contributed by atoms with Gasteiger partial charge in [0.1, 0.15) is 12.6 Å². The van der Waals surface area contributed by atoms with Gasteiger partial charge in [0, 0.05) is 31.8 Å². The number of nitrogens with zero attached hydrogens (tertiary/aromatic N) is 1. The van der Waals surface area contributed by atoms with Crippen LogP contribution in [0.5, 0.6) is 11.5 Å². The normalized spacial score (nSPS) is 17.0. The summed E-state index contributed by atoms with van der Waals surface area (Å²) in [6.45, 7) is 4.97. The first-order chi connectivity index (χ1) is 14.4. The molecule has 1 fully saturated rings. The number of carbonyl (C=O) groups is 3. The Labute approximate surface area is 176 Å². The summed E-state index contributed by atoms with van der Waals surface area (Å²) in [5.74, 6) is 0.386. The first-order valence-corrected chi connectivity index (χ1v) is 10.2. The standard InChI is InChI=1S/C21H29N3O6/c1-13(2)22-21(27)19(14-6-8-24(9-7-14)18(25)11-28-3)23-20(26)15-4-5-16-17(10-15)30-12-29-16/h4-5,10,13-14,19H,6-9,11-12H2,1-3H3,(H,22,27)(H,23,26). The minimum atomic E-state index is -0.690. The molecule has 1 atom stereocenters. The molecule has 9 nitrogen and oxygen atoms in total. The smallest absolute Gasteiger partial charge is 0.252 e. The van der Waals surface area contributed by atoms with Gasteiger partial charge >= 0.3 is 0 Å². The van der Waals surface area contributed by atoms with E-state index in [4.69, 9.17) is 14.2 Å². The number of amides is 3. The maximum atomic E-state index is 12.9. The molecule has 2 heterocycles. The Balaban J connectivity index is 1.69. The minimum Gasteiger partial charge on any atom is -0.454 e. The van der Waals surface area contributed by atoms with Crippen LogP contribution in [0.2, 0.25) is 0 Å². The van der Waals surface area contributed by atoms with E-state index in [1.54, 1.807) is 23.1 Å². The number of ether oxygens (including phenoxy) is 3. The zero-order valence-corrected chi connectivity index (χ0v) is 17.6. The second kappa shape index (κ2) is 9.80. The SMILES string of the molecule is COCC(=O)N1CCC(C(NC(=O)c2ccc3c(c2)OCO3)C(=O)NC(C)C)CC1. The lowest BCUT2D eigenvalue weighted by molar-refractivity contribution is -0.136. The number of hydrogen-bond acceptors (Lipinski definition) is 6. The van der Waals surface area contributed by atoms with Crippen molar-refractivity contribution in [1.29, 1.82) is 0 Å². The Hall–Kier alpha value is -2.81. The molecular weight excluding hydrogens is 390 g/mol. The molecule has 1 saturated heterocycles. The van der Waals surface area contributed by atoms with Gasteiger partial charge in [-0.15, -0.1) is 0 Å². The summed E-state index contributed by atoms with van der Waals surface area (Å²) >= 11 is 0. The number of likely N-dealkylation sites (tertiary alicyclic amines) is 1. The average molecular weight is 419 g/mol. The van der Waals surface area contributed by atoms with E-state index in [2.05, 4.69) is 10.6 Å². The number of methoxy groups -OCH3 is 1. The van der Waals surface area contributed by atoms with Crippen LogP contribution in [-0.2, 0) is 14.3 Å². The van der Waals surface area contributed by atoms with Crippen molar-refractivity contribution in [2.45, 2.75) is 38.8 Å². The Kier molecular flexibility index (Phi) is 7.15. The number of rotatable bonds is 7. The van der Waals surface area contributed by atoms with Crippen molar-refractivity contribution in [1.82, 2.24) is 15.5 Å². The van der Waals surface area contributed by atoms with E-state index in [-0.39, 0.29) is 43.1 Å². The molecular formula is C21H29N3O6. The summed E-state index contributed by atoms with van der Waals surface area (Å²) in [6, 6.07) is 4.20. The lowest BCUT2D eigenvalue weighted by atomic mass is 9.88. The van der Waals surface area contributed by atoms with Gasteiger partial charge in [-0.1, -0.05) is 0 Å². The van der Waals surface area contributed by atoms with Crippen molar-refractivity contribution >= 4 is 17.7 Å². The van der Waals surface area contributed by atoms with Gasteiger partial charge < -0.3 is 29.7 Å². The number of carbonyl (C=O) groups excluding carboxylic acids is 3.